The molecule has 0 heterocycles. The maximum Gasteiger partial charge on any atom is 0.0471 e. The zero-order chi connectivity index (χ0) is 13.7. The number of benzene rings is 1. The Morgan fingerprint density at radius 1 is 1.17 bits per heavy atom. The molecule has 0 radical (unpaired) electrons. The molecule has 0 saturated carbocycles. The number of aliphatic hydroxyl groups is 1. The van der Waals surface area contributed by atoms with Crippen LogP contribution >= 0.6 is 0 Å². The molecule has 1 rings (SSSR count). The van der Waals surface area contributed by atoms with Crippen molar-refractivity contribution in [2.45, 2.75) is 40.7 Å². The van der Waals surface area contributed by atoms with Crippen LogP contribution < -0.4 is 0 Å². The summed E-state index contributed by atoms with van der Waals surface area (Å²) in [4.78, 5) is 2.31. The van der Waals surface area contributed by atoms with Crippen LogP contribution in [0.4, 0.5) is 0 Å². The van der Waals surface area contributed by atoms with Gasteiger partial charge in [0.05, 0.1) is 0 Å². The summed E-state index contributed by atoms with van der Waals surface area (Å²) in [5.74, 6) is 0.391. The highest BCUT2D eigenvalue weighted by atomic mass is 16.3. The van der Waals surface area contributed by atoms with Gasteiger partial charge in [0.15, 0.2) is 0 Å². The molecule has 0 aliphatic heterocycles. The second kappa shape index (κ2) is 6.91. The fourth-order valence-electron chi connectivity index (χ4n) is 2.30. The first kappa shape index (κ1) is 15.2. The molecule has 0 saturated heterocycles. The lowest BCUT2D eigenvalue weighted by atomic mass is 9.98. The molecule has 0 spiro atoms. The number of rotatable bonds is 6. The maximum atomic E-state index is 9.25. The number of hydrogen-bond donors (Lipinski definition) is 1. The van der Waals surface area contributed by atoms with Gasteiger partial charge in [-0.25, -0.2) is 0 Å². The van der Waals surface area contributed by atoms with Gasteiger partial charge in [-0.15, -0.1) is 0 Å². The average molecular weight is 249 g/mol. The van der Waals surface area contributed by atoms with E-state index >= 15 is 0 Å². The Hall–Kier alpha value is -0.860. The van der Waals surface area contributed by atoms with Crippen molar-refractivity contribution in [3.63, 3.8) is 0 Å². The quantitative estimate of drug-likeness (QED) is 0.837. The summed E-state index contributed by atoms with van der Waals surface area (Å²) in [5, 5.41) is 9.25. The van der Waals surface area contributed by atoms with Crippen LogP contribution in [-0.4, -0.2) is 30.2 Å². The monoisotopic (exact) mass is 249 g/mol. The Morgan fingerprint density at radius 2 is 1.83 bits per heavy atom. The van der Waals surface area contributed by atoms with Crippen molar-refractivity contribution >= 4 is 0 Å². The average Bonchev–Trinajstić information content (AvgIpc) is 2.36. The topological polar surface area (TPSA) is 23.5 Å². The zero-order valence-electron chi connectivity index (χ0n) is 12.5. The van der Waals surface area contributed by atoms with Crippen LogP contribution in [-0.2, 0) is 6.54 Å². The molecule has 0 aromatic heterocycles. The van der Waals surface area contributed by atoms with Crippen molar-refractivity contribution in [2.24, 2.45) is 5.92 Å². The molecule has 2 heteroatoms. The second-order valence-electron chi connectivity index (χ2n) is 5.45. The molecular weight excluding hydrogens is 222 g/mol. The van der Waals surface area contributed by atoms with E-state index in [9.17, 15) is 5.11 Å². The molecule has 0 bridgehead atoms. The number of aryl methyl sites for hydroxylation is 1. The minimum atomic E-state index is 0.284. The number of nitrogens with zero attached hydrogens (tertiary/aromatic N) is 1. The third-order valence-corrected chi connectivity index (χ3v) is 4.02. The summed E-state index contributed by atoms with van der Waals surface area (Å²) in [5.41, 5.74) is 5.56. The van der Waals surface area contributed by atoms with Gasteiger partial charge in [0, 0.05) is 19.7 Å². The van der Waals surface area contributed by atoms with Crippen molar-refractivity contribution in [1.29, 1.82) is 0 Å². The predicted molar refractivity (Wildman–Crippen MR) is 77.9 cm³/mol. The van der Waals surface area contributed by atoms with Crippen LogP contribution in [0.5, 0.6) is 0 Å². The largest absolute Gasteiger partial charge is 0.396 e. The summed E-state index contributed by atoms with van der Waals surface area (Å²) in [6.45, 7) is 10.9. The van der Waals surface area contributed by atoms with E-state index in [0.717, 1.165) is 19.5 Å². The summed E-state index contributed by atoms with van der Waals surface area (Å²) in [6.07, 6.45) is 1.03. The van der Waals surface area contributed by atoms with Crippen molar-refractivity contribution in [3.05, 3.63) is 34.4 Å². The van der Waals surface area contributed by atoms with E-state index in [1.807, 2.05) is 0 Å². The summed E-state index contributed by atoms with van der Waals surface area (Å²) < 4.78 is 0. The summed E-state index contributed by atoms with van der Waals surface area (Å²) in [7, 11) is 2.13. The Bertz CT molecular complexity index is 383. The number of hydrogen-bond acceptors (Lipinski definition) is 2. The fourth-order valence-corrected chi connectivity index (χ4v) is 2.30. The zero-order valence-corrected chi connectivity index (χ0v) is 12.5. The highest BCUT2D eigenvalue weighted by Gasteiger charge is 2.11. The van der Waals surface area contributed by atoms with Crippen LogP contribution in [0.1, 0.15) is 35.6 Å². The van der Waals surface area contributed by atoms with Crippen LogP contribution in [0, 0.1) is 26.7 Å². The molecule has 2 nitrogen and oxygen atoms in total. The minimum Gasteiger partial charge on any atom is -0.396 e. The van der Waals surface area contributed by atoms with E-state index in [0.29, 0.717) is 5.92 Å². The van der Waals surface area contributed by atoms with Crippen LogP contribution in [0.2, 0.25) is 0 Å². The predicted octanol–water partition coefficient (Wildman–Crippen LogP) is 3.06. The van der Waals surface area contributed by atoms with Gasteiger partial charge in [-0.05, 0) is 62.4 Å². The third kappa shape index (κ3) is 3.82. The maximum absolute atomic E-state index is 9.25. The van der Waals surface area contributed by atoms with E-state index in [-0.39, 0.29) is 6.61 Å². The minimum absolute atomic E-state index is 0.284. The first-order chi connectivity index (χ1) is 8.49. The fraction of sp³-hybridized carbons (Fsp3) is 0.625. The SMILES string of the molecule is CCC(CO)CN(C)Cc1ccc(C)c(C)c1C. The normalized spacial score (nSPS) is 13.1. The van der Waals surface area contributed by atoms with E-state index in [1.165, 1.54) is 22.3 Å². The summed E-state index contributed by atoms with van der Waals surface area (Å²) in [6, 6.07) is 4.43. The molecule has 1 unspecified atom stereocenters. The van der Waals surface area contributed by atoms with E-state index < -0.39 is 0 Å². The summed E-state index contributed by atoms with van der Waals surface area (Å²) >= 11 is 0. The standard InChI is InChI=1S/C16H27NO/c1-6-15(11-18)9-17(5)10-16-8-7-12(2)13(3)14(16)4/h7-8,15,18H,6,9-11H2,1-5H3. The smallest absolute Gasteiger partial charge is 0.0471 e. The van der Waals surface area contributed by atoms with Gasteiger partial charge in [0.1, 0.15) is 0 Å². The number of aliphatic hydroxyl groups excluding tert-OH is 1. The van der Waals surface area contributed by atoms with Gasteiger partial charge in [-0.1, -0.05) is 19.1 Å². The van der Waals surface area contributed by atoms with Crippen molar-refractivity contribution in [1.82, 2.24) is 4.90 Å². The third-order valence-electron chi connectivity index (χ3n) is 4.02. The molecular formula is C16H27NO. The lowest BCUT2D eigenvalue weighted by Crippen LogP contribution is -2.27. The van der Waals surface area contributed by atoms with E-state index in [1.54, 1.807) is 0 Å². The Labute approximate surface area is 112 Å². The van der Waals surface area contributed by atoms with Gasteiger partial charge in [0.25, 0.3) is 0 Å². The molecule has 1 aromatic rings. The highest BCUT2D eigenvalue weighted by molar-refractivity contribution is 5.38. The van der Waals surface area contributed by atoms with E-state index in [4.69, 9.17) is 0 Å². The van der Waals surface area contributed by atoms with E-state index in [2.05, 4.69) is 51.8 Å². The second-order valence-corrected chi connectivity index (χ2v) is 5.45. The van der Waals surface area contributed by atoms with Crippen LogP contribution in [0.15, 0.2) is 12.1 Å². The first-order valence-electron chi connectivity index (χ1n) is 6.84. The van der Waals surface area contributed by atoms with Crippen molar-refractivity contribution in [3.8, 4) is 0 Å². The molecule has 0 aliphatic rings. The van der Waals surface area contributed by atoms with Gasteiger partial charge >= 0.3 is 0 Å². The Kier molecular flexibility index (Phi) is 5.83. The highest BCUT2D eigenvalue weighted by Crippen LogP contribution is 2.18. The first-order valence-corrected chi connectivity index (χ1v) is 6.84. The van der Waals surface area contributed by atoms with Crippen molar-refractivity contribution in [2.75, 3.05) is 20.2 Å². The lowest BCUT2D eigenvalue weighted by molar-refractivity contribution is 0.173. The molecule has 0 aliphatic carbocycles. The Morgan fingerprint density at radius 3 is 2.39 bits per heavy atom. The van der Waals surface area contributed by atoms with Gasteiger partial charge < -0.3 is 10.0 Å². The Balaban J connectivity index is 2.70. The van der Waals surface area contributed by atoms with Crippen LogP contribution in [0.25, 0.3) is 0 Å². The molecule has 1 aromatic carbocycles. The van der Waals surface area contributed by atoms with Gasteiger partial charge in [0.2, 0.25) is 0 Å². The van der Waals surface area contributed by atoms with Crippen molar-refractivity contribution < 1.29 is 5.11 Å². The molecule has 1 atom stereocenters. The molecule has 18 heavy (non-hydrogen) atoms. The molecule has 0 amide bonds. The molecule has 102 valence electrons. The van der Waals surface area contributed by atoms with Crippen LogP contribution in [0.3, 0.4) is 0 Å². The van der Waals surface area contributed by atoms with Gasteiger partial charge in [-0.3, -0.25) is 0 Å². The molecule has 1 N–H and O–H groups in total. The lowest BCUT2D eigenvalue weighted by Gasteiger charge is -2.23. The molecule has 0 fully saturated rings. The van der Waals surface area contributed by atoms with Gasteiger partial charge in [-0.2, -0.15) is 0 Å².